The average molecular weight is 212 g/mol. The number of hydrogen-bond donors (Lipinski definition) is 3. The Bertz CT molecular complexity index is 190. The van der Waals surface area contributed by atoms with E-state index in [2.05, 4.69) is 25.3 Å². The van der Waals surface area contributed by atoms with Gasteiger partial charge in [0.05, 0.1) is 0 Å². The summed E-state index contributed by atoms with van der Waals surface area (Å²) in [7, 11) is -4.12. The molecule has 0 spiro atoms. The second kappa shape index (κ2) is 4.59. The van der Waals surface area contributed by atoms with Crippen LogP contribution in [0, 0.1) is 0 Å². The van der Waals surface area contributed by atoms with Crippen molar-refractivity contribution < 1.29 is 44.0 Å². The molecule has 0 bridgehead atoms. The second-order valence-corrected chi connectivity index (χ2v) is 5.70. The predicted molar refractivity (Wildman–Crippen MR) is 43.7 cm³/mol. The van der Waals surface area contributed by atoms with Gasteiger partial charge in [-0.15, -0.1) is 25.3 Å². The maximum Gasteiger partial charge on any atom is 1.00 e. The maximum absolute atomic E-state index is 10.3. The van der Waals surface area contributed by atoms with E-state index in [1.54, 1.807) is 6.92 Å². The van der Waals surface area contributed by atoms with Crippen LogP contribution in [0.4, 0.5) is 0 Å². The Morgan fingerprint density at radius 3 is 1.90 bits per heavy atom. The summed E-state index contributed by atoms with van der Waals surface area (Å²) in [6.45, 7) is 1.56. The van der Waals surface area contributed by atoms with Gasteiger partial charge in [-0.25, -0.2) is 0 Å². The molecule has 0 saturated heterocycles. The first-order valence-corrected chi connectivity index (χ1v) is 4.56. The quantitative estimate of drug-likeness (QED) is 0.213. The van der Waals surface area contributed by atoms with E-state index >= 15 is 0 Å². The molecule has 0 aliphatic rings. The largest absolute Gasteiger partial charge is 1.00 e. The van der Waals surface area contributed by atoms with E-state index in [-0.39, 0.29) is 37.4 Å². The molecule has 0 radical (unpaired) electrons. The van der Waals surface area contributed by atoms with Crippen LogP contribution in [0.2, 0.25) is 0 Å². The number of hydrogen-bond acceptors (Lipinski definition) is 4. The zero-order chi connectivity index (χ0) is 7.71. The molecule has 0 aliphatic heterocycles. The molecule has 0 aromatic heterocycles. The Hall–Kier alpha value is 1.61. The van der Waals surface area contributed by atoms with Gasteiger partial charge >= 0.3 is 29.6 Å². The van der Waals surface area contributed by atoms with E-state index in [9.17, 15) is 8.42 Å². The smallest absolute Gasteiger partial charge is 1.00 e. The first-order chi connectivity index (χ1) is 3.81. The molecule has 0 heterocycles. The van der Waals surface area contributed by atoms with Crippen molar-refractivity contribution >= 4 is 35.4 Å². The minimum absolute atomic E-state index is 0. The SMILES string of the molecule is CCC(S)(S)S(=O)(=O)O.[H-].[Na+]. The Morgan fingerprint density at radius 1 is 1.60 bits per heavy atom. The van der Waals surface area contributed by atoms with Crippen LogP contribution >= 0.6 is 25.3 Å². The first kappa shape index (κ1) is 14.2. The molecular weight excluding hydrogens is 203 g/mol. The maximum atomic E-state index is 10.3. The third-order valence-electron chi connectivity index (χ3n) is 0.874. The van der Waals surface area contributed by atoms with Gasteiger partial charge in [0.25, 0.3) is 10.1 Å². The molecular formula is C3H9NaO3S3. The van der Waals surface area contributed by atoms with E-state index in [1.807, 2.05) is 0 Å². The van der Waals surface area contributed by atoms with Gasteiger partial charge in [-0.05, 0) is 6.42 Å². The standard InChI is InChI=1S/C3H8O3S3.Na.H/c1-2-3(7,8)9(4,5)6;;/h7-8H,2H2,1H3,(H,4,5,6);;/q;+1;-1. The zero-order valence-corrected chi connectivity index (χ0v) is 10.4. The van der Waals surface area contributed by atoms with Crippen molar-refractivity contribution in [1.29, 1.82) is 0 Å². The van der Waals surface area contributed by atoms with Gasteiger partial charge in [-0.2, -0.15) is 8.42 Å². The van der Waals surface area contributed by atoms with Crippen LogP contribution in [0.5, 0.6) is 0 Å². The van der Waals surface area contributed by atoms with Crippen molar-refractivity contribution in [3.63, 3.8) is 0 Å². The summed E-state index contributed by atoms with van der Waals surface area (Å²) in [5, 5.41) is 0. The molecule has 0 fully saturated rings. The van der Waals surface area contributed by atoms with Gasteiger partial charge in [0, 0.05) is 0 Å². The van der Waals surface area contributed by atoms with Crippen molar-refractivity contribution in [2.75, 3.05) is 0 Å². The summed E-state index contributed by atoms with van der Waals surface area (Å²) in [6, 6.07) is 0. The third kappa shape index (κ3) is 3.85. The topological polar surface area (TPSA) is 54.4 Å². The molecule has 0 aromatic carbocycles. The predicted octanol–water partition coefficient (Wildman–Crippen LogP) is -2.09. The summed E-state index contributed by atoms with van der Waals surface area (Å²) in [5.41, 5.74) is 0. The molecule has 58 valence electrons. The molecule has 10 heavy (non-hydrogen) atoms. The van der Waals surface area contributed by atoms with Crippen molar-refractivity contribution in [3.8, 4) is 0 Å². The van der Waals surface area contributed by atoms with Crippen LogP contribution < -0.4 is 29.6 Å². The van der Waals surface area contributed by atoms with Crippen molar-refractivity contribution in [3.05, 3.63) is 0 Å². The van der Waals surface area contributed by atoms with Gasteiger partial charge in [-0.3, -0.25) is 4.55 Å². The summed E-state index contributed by atoms with van der Waals surface area (Å²) in [4.78, 5) is 0. The number of thiol groups is 2. The molecule has 0 atom stereocenters. The van der Waals surface area contributed by atoms with Gasteiger partial charge in [-0.1, -0.05) is 6.92 Å². The van der Waals surface area contributed by atoms with Crippen LogP contribution in [0.15, 0.2) is 0 Å². The van der Waals surface area contributed by atoms with Gasteiger partial charge in [0.15, 0.2) is 3.41 Å². The molecule has 0 unspecified atom stereocenters. The summed E-state index contributed by atoms with van der Waals surface area (Å²) >= 11 is 7.19. The molecule has 0 aliphatic carbocycles. The third-order valence-corrected chi connectivity index (χ3v) is 4.01. The van der Waals surface area contributed by atoms with Crippen molar-refractivity contribution in [2.45, 2.75) is 16.8 Å². The van der Waals surface area contributed by atoms with Crippen LogP contribution in [0.1, 0.15) is 14.8 Å². The fourth-order valence-electron chi connectivity index (χ4n) is 0.182. The normalized spacial score (nSPS) is 12.4. The van der Waals surface area contributed by atoms with Gasteiger partial charge in [0.2, 0.25) is 0 Å². The zero-order valence-electron chi connectivity index (χ0n) is 6.77. The molecule has 0 amide bonds. The molecule has 0 rings (SSSR count). The summed E-state index contributed by atoms with van der Waals surface area (Å²) < 4.78 is 27.3. The van der Waals surface area contributed by atoms with Gasteiger partial charge in [0.1, 0.15) is 0 Å². The Balaban J connectivity index is -0.000000320. The van der Waals surface area contributed by atoms with Crippen LogP contribution in [0.3, 0.4) is 0 Å². The molecule has 3 nitrogen and oxygen atoms in total. The van der Waals surface area contributed by atoms with E-state index in [1.165, 1.54) is 0 Å². The fourth-order valence-corrected chi connectivity index (χ4v) is 0.547. The van der Waals surface area contributed by atoms with Gasteiger partial charge < -0.3 is 1.43 Å². The number of rotatable bonds is 2. The Labute approximate surface area is 95.3 Å². The van der Waals surface area contributed by atoms with E-state index in [0.29, 0.717) is 0 Å². The van der Waals surface area contributed by atoms with Crippen LogP contribution in [-0.4, -0.2) is 16.4 Å². The van der Waals surface area contributed by atoms with Crippen LogP contribution in [0.25, 0.3) is 0 Å². The monoisotopic (exact) mass is 212 g/mol. The van der Waals surface area contributed by atoms with E-state index in [4.69, 9.17) is 4.55 Å². The van der Waals surface area contributed by atoms with Crippen LogP contribution in [-0.2, 0) is 10.1 Å². The second-order valence-electron chi connectivity index (χ2n) is 1.57. The Morgan fingerprint density at radius 2 is 1.90 bits per heavy atom. The van der Waals surface area contributed by atoms with E-state index in [0.717, 1.165) is 0 Å². The van der Waals surface area contributed by atoms with Crippen molar-refractivity contribution in [1.82, 2.24) is 0 Å². The first-order valence-electron chi connectivity index (χ1n) is 2.23. The minimum atomic E-state index is -4.12. The van der Waals surface area contributed by atoms with Crippen molar-refractivity contribution in [2.24, 2.45) is 0 Å². The minimum Gasteiger partial charge on any atom is -1.00 e. The molecule has 0 aromatic rings. The summed E-state index contributed by atoms with van der Waals surface area (Å²) in [6.07, 6.45) is 0.151. The summed E-state index contributed by atoms with van der Waals surface area (Å²) in [5.74, 6) is 0. The molecule has 1 N–H and O–H groups in total. The average Bonchev–Trinajstić information content (AvgIpc) is 1.64. The Kier molecular flexibility index (Phi) is 6.50. The molecule has 0 saturated carbocycles. The van der Waals surface area contributed by atoms with E-state index < -0.39 is 13.5 Å². The fraction of sp³-hybridized carbons (Fsp3) is 1.00. The molecule has 7 heteroatoms.